The first kappa shape index (κ1) is 11.3. The summed E-state index contributed by atoms with van der Waals surface area (Å²) >= 11 is 0. The largest absolute Gasteiger partial charge is 0.347 e. The van der Waals surface area contributed by atoms with Crippen LogP contribution < -0.4 is 5.32 Å². The highest BCUT2D eigenvalue weighted by Gasteiger charge is 2.13. The Morgan fingerprint density at radius 1 is 1.53 bits per heavy atom. The second-order valence-electron chi connectivity index (χ2n) is 3.99. The molecule has 0 aromatic carbocycles. The van der Waals surface area contributed by atoms with Crippen LogP contribution in [0.2, 0.25) is 0 Å². The van der Waals surface area contributed by atoms with Gasteiger partial charge < -0.3 is 10.3 Å². The smallest absolute Gasteiger partial charge is 0.291 e. The van der Waals surface area contributed by atoms with Crippen LogP contribution in [0.25, 0.3) is 5.78 Å². The lowest BCUT2D eigenvalue weighted by Gasteiger charge is -1.98. The number of nitrogens with one attached hydrogen (secondary N) is 2. The molecule has 0 unspecified atom stereocenters. The molecule has 0 aliphatic carbocycles. The lowest BCUT2D eigenvalue weighted by atomic mass is 10.4. The van der Waals surface area contributed by atoms with Gasteiger partial charge in [0.15, 0.2) is 0 Å². The molecule has 0 aliphatic rings. The molecule has 8 nitrogen and oxygen atoms in total. The van der Waals surface area contributed by atoms with Gasteiger partial charge in [0, 0.05) is 18.1 Å². The lowest BCUT2D eigenvalue weighted by Crippen LogP contribution is -2.24. The van der Waals surface area contributed by atoms with Crippen molar-refractivity contribution in [1.29, 1.82) is 0 Å². The van der Waals surface area contributed by atoms with Gasteiger partial charge in [0.25, 0.3) is 11.7 Å². The summed E-state index contributed by atoms with van der Waals surface area (Å²) in [6, 6.07) is 1.80. The molecule has 1 amide bonds. The number of nitrogens with zero attached hydrogens (tertiary/aromatic N) is 5. The van der Waals surface area contributed by atoms with Crippen LogP contribution in [0.5, 0.6) is 0 Å². The fraction of sp³-hybridized carbons (Fsp3) is 0.182. The molecule has 0 bridgehead atoms. The maximum atomic E-state index is 11.9. The van der Waals surface area contributed by atoms with Gasteiger partial charge in [0.2, 0.25) is 5.82 Å². The van der Waals surface area contributed by atoms with Crippen molar-refractivity contribution in [1.82, 2.24) is 34.9 Å². The van der Waals surface area contributed by atoms with Gasteiger partial charge in [-0.15, -0.1) is 5.10 Å². The number of imidazole rings is 1. The predicted octanol–water partition coefficient (Wildman–Crippen LogP) is 0.0858. The molecule has 96 valence electrons. The molecule has 8 heteroatoms. The van der Waals surface area contributed by atoms with E-state index < -0.39 is 0 Å². The summed E-state index contributed by atoms with van der Waals surface area (Å²) in [5.74, 6) is 0.160. The number of H-pyrrole nitrogens is 1. The average Bonchev–Trinajstić information content (AvgIpc) is 3.05. The first-order chi connectivity index (χ1) is 9.24. The summed E-state index contributed by atoms with van der Waals surface area (Å²) in [7, 11) is 0. The monoisotopic (exact) mass is 257 g/mol. The van der Waals surface area contributed by atoms with E-state index in [1.807, 2.05) is 6.92 Å². The summed E-state index contributed by atoms with van der Waals surface area (Å²) in [5, 5.41) is 6.82. The number of aryl methyl sites for hydroxylation is 1. The summed E-state index contributed by atoms with van der Waals surface area (Å²) in [4.78, 5) is 26.8. The van der Waals surface area contributed by atoms with Crippen molar-refractivity contribution >= 4 is 11.7 Å². The molecule has 0 saturated carbocycles. The first-order valence-corrected chi connectivity index (χ1v) is 5.68. The number of aromatic nitrogens is 6. The second-order valence-corrected chi connectivity index (χ2v) is 3.99. The molecule has 0 radical (unpaired) electrons. The van der Waals surface area contributed by atoms with E-state index in [0.717, 1.165) is 11.4 Å². The van der Waals surface area contributed by atoms with Crippen LogP contribution in [0, 0.1) is 6.92 Å². The Bertz CT molecular complexity index is 716. The summed E-state index contributed by atoms with van der Waals surface area (Å²) in [6.07, 6.45) is 4.83. The number of carbonyl (C=O) groups excluding carboxylic acids is 1. The van der Waals surface area contributed by atoms with Crippen LogP contribution in [0.3, 0.4) is 0 Å². The average molecular weight is 257 g/mol. The molecular weight excluding hydrogens is 246 g/mol. The molecule has 0 atom stereocenters. The Morgan fingerprint density at radius 3 is 3.16 bits per heavy atom. The number of fused-ring (bicyclic) bond motifs is 1. The summed E-state index contributed by atoms with van der Waals surface area (Å²) in [5.41, 5.74) is 1.68. The Labute approximate surface area is 107 Å². The quantitative estimate of drug-likeness (QED) is 0.692. The van der Waals surface area contributed by atoms with Crippen LogP contribution in [0.4, 0.5) is 0 Å². The standard InChI is InChI=1S/C11H11N7O/c1-7-2-3-13-11-16-9(17-18(7)11)10(19)14-5-8-4-12-6-15-8/h2-4,6H,5H2,1H3,(H,12,15)(H,14,19). The van der Waals surface area contributed by atoms with Gasteiger partial charge in [-0.2, -0.15) is 4.98 Å². The molecule has 0 saturated heterocycles. The highest BCUT2D eigenvalue weighted by molar-refractivity contribution is 5.90. The van der Waals surface area contributed by atoms with Crippen LogP contribution in [-0.2, 0) is 6.54 Å². The van der Waals surface area contributed by atoms with Gasteiger partial charge >= 0.3 is 0 Å². The van der Waals surface area contributed by atoms with Gasteiger partial charge in [0.1, 0.15) is 0 Å². The fourth-order valence-electron chi connectivity index (χ4n) is 1.64. The zero-order valence-corrected chi connectivity index (χ0v) is 10.2. The van der Waals surface area contributed by atoms with Crippen LogP contribution in [0.1, 0.15) is 22.0 Å². The number of aromatic amines is 1. The van der Waals surface area contributed by atoms with Crippen molar-refractivity contribution in [2.75, 3.05) is 0 Å². The third-order valence-corrected chi connectivity index (χ3v) is 2.63. The van der Waals surface area contributed by atoms with Crippen molar-refractivity contribution in [3.05, 3.63) is 42.0 Å². The van der Waals surface area contributed by atoms with Crippen molar-refractivity contribution in [2.45, 2.75) is 13.5 Å². The number of hydrogen-bond acceptors (Lipinski definition) is 5. The SMILES string of the molecule is Cc1ccnc2nc(C(=O)NCc3cnc[nH]3)nn12. The van der Waals surface area contributed by atoms with Crippen molar-refractivity contribution in [3.8, 4) is 0 Å². The molecule has 19 heavy (non-hydrogen) atoms. The fourth-order valence-corrected chi connectivity index (χ4v) is 1.64. The van der Waals surface area contributed by atoms with E-state index in [9.17, 15) is 4.79 Å². The molecule has 0 fully saturated rings. The third-order valence-electron chi connectivity index (χ3n) is 2.63. The molecule has 3 rings (SSSR count). The molecule has 3 aromatic heterocycles. The van der Waals surface area contributed by atoms with E-state index >= 15 is 0 Å². The molecular formula is C11H11N7O. The molecule has 3 heterocycles. The van der Waals surface area contributed by atoms with E-state index in [-0.39, 0.29) is 11.7 Å². The molecule has 0 aliphatic heterocycles. The van der Waals surface area contributed by atoms with E-state index in [1.54, 1.807) is 24.8 Å². The summed E-state index contributed by atoms with van der Waals surface area (Å²) < 4.78 is 1.53. The van der Waals surface area contributed by atoms with Gasteiger partial charge in [-0.05, 0) is 13.0 Å². The van der Waals surface area contributed by atoms with Crippen LogP contribution in [0.15, 0.2) is 24.8 Å². The zero-order chi connectivity index (χ0) is 13.2. The second kappa shape index (κ2) is 4.48. The maximum Gasteiger partial charge on any atom is 0.291 e. The highest BCUT2D eigenvalue weighted by Crippen LogP contribution is 2.02. The van der Waals surface area contributed by atoms with Crippen LogP contribution in [-0.4, -0.2) is 35.5 Å². The molecule has 2 N–H and O–H groups in total. The number of amides is 1. The third kappa shape index (κ3) is 2.15. The van der Waals surface area contributed by atoms with Crippen molar-refractivity contribution in [2.24, 2.45) is 0 Å². The maximum absolute atomic E-state index is 11.9. The minimum absolute atomic E-state index is 0.0984. The van der Waals surface area contributed by atoms with Gasteiger partial charge in [-0.3, -0.25) is 4.79 Å². The van der Waals surface area contributed by atoms with Gasteiger partial charge in [-0.1, -0.05) is 0 Å². The molecule has 3 aromatic rings. The minimum atomic E-state index is -0.348. The first-order valence-electron chi connectivity index (χ1n) is 5.68. The Hall–Kier alpha value is -2.77. The van der Waals surface area contributed by atoms with E-state index in [4.69, 9.17) is 0 Å². The van der Waals surface area contributed by atoms with Gasteiger partial charge in [0.05, 0.1) is 18.6 Å². The minimum Gasteiger partial charge on any atom is -0.347 e. The zero-order valence-electron chi connectivity index (χ0n) is 10.2. The highest BCUT2D eigenvalue weighted by atomic mass is 16.2. The lowest BCUT2D eigenvalue weighted by molar-refractivity contribution is 0.0940. The van der Waals surface area contributed by atoms with Gasteiger partial charge in [-0.25, -0.2) is 14.5 Å². The van der Waals surface area contributed by atoms with E-state index in [1.165, 1.54) is 4.52 Å². The predicted molar refractivity (Wildman–Crippen MR) is 65.3 cm³/mol. The van der Waals surface area contributed by atoms with Crippen molar-refractivity contribution < 1.29 is 4.79 Å². The van der Waals surface area contributed by atoms with E-state index in [2.05, 4.69) is 30.4 Å². The van der Waals surface area contributed by atoms with Crippen LogP contribution >= 0.6 is 0 Å². The Morgan fingerprint density at radius 2 is 2.42 bits per heavy atom. The van der Waals surface area contributed by atoms with E-state index in [0.29, 0.717) is 12.3 Å². The van der Waals surface area contributed by atoms with Crippen molar-refractivity contribution in [3.63, 3.8) is 0 Å². The normalized spacial score (nSPS) is 10.8. The summed E-state index contributed by atoms with van der Waals surface area (Å²) in [6.45, 7) is 2.22. The number of rotatable bonds is 3. The topological polar surface area (TPSA) is 101 Å². The molecule has 0 spiro atoms. The number of carbonyl (C=O) groups is 1. The number of hydrogen-bond donors (Lipinski definition) is 2. The Kier molecular flexibility index (Phi) is 2.67. The Balaban J connectivity index is 1.80.